The molecule has 0 aliphatic carbocycles. The Hall–Kier alpha value is -3.72. The average molecular weight is 533 g/mol. The fraction of sp³-hybridized carbons (Fsp3) is 0.379. The van der Waals surface area contributed by atoms with Gasteiger partial charge in [-0.15, -0.1) is 0 Å². The first kappa shape index (κ1) is 26.9. The van der Waals surface area contributed by atoms with E-state index in [0.29, 0.717) is 11.5 Å². The van der Waals surface area contributed by atoms with Crippen LogP contribution in [0.5, 0.6) is 0 Å². The molecule has 0 bridgehead atoms. The maximum absolute atomic E-state index is 12.6. The largest absolute Gasteiger partial charge is 0.457 e. The van der Waals surface area contributed by atoms with E-state index < -0.39 is 30.3 Å². The first-order valence-corrected chi connectivity index (χ1v) is 13.0. The molecular weight excluding hydrogens is 500 g/mol. The van der Waals surface area contributed by atoms with Gasteiger partial charge in [0.05, 0.1) is 6.61 Å². The van der Waals surface area contributed by atoms with E-state index >= 15 is 0 Å². The number of carbonyl (C=O) groups excluding carboxylic acids is 1. The summed E-state index contributed by atoms with van der Waals surface area (Å²) in [4.78, 5) is 17.3. The molecule has 0 saturated carbocycles. The van der Waals surface area contributed by atoms with Gasteiger partial charge in [-0.05, 0) is 48.2 Å². The molecule has 204 valence electrons. The second kappa shape index (κ2) is 11.6. The number of aliphatic hydroxyl groups is 3. The van der Waals surface area contributed by atoms with Crippen LogP contribution in [0.2, 0.25) is 0 Å². The zero-order chi connectivity index (χ0) is 27.5. The maximum atomic E-state index is 12.6. The molecule has 0 radical (unpaired) electrons. The normalized spacial score (nSPS) is 24.5. The van der Waals surface area contributed by atoms with Gasteiger partial charge in [0.25, 0.3) is 5.91 Å². The van der Waals surface area contributed by atoms with Gasteiger partial charge < -0.3 is 39.6 Å². The minimum Gasteiger partial charge on any atom is -0.457 e. The third-order valence-electron chi connectivity index (χ3n) is 7.33. The van der Waals surface area contributed by atoms with Crippen molar-refractivity contribution in [3.8, 4) is 17.4 Å². The number of nitriles is 1. The molecule has 10 heteroatoms. The smallest absolute Gasteiger partial charge is 0.262 e. The van der Waals surface area contributed by atoms with Crippen molar-refractivity contribution in [2.75, 3.05) is 51.3 Å². The summed E-state index contributed by atoms with van der Waals surface area (Å²) in [7, 11) is 2.14. The predicted octanol–water partition coefficient (Wildman–Crippen LogP) is 1.36. The second-order valence-electron chi connectivity index (χ2n) is 10.0. The highest BCUT2D eigenvalue weighted by molar-refractivity contribution is 6.01. The SMILES string of the molecule is CN1CCN(c2ccc3cc(-c4ccc(C=C(C#N)C(=O)NCC5OCC(O)C(O)C5O)o4)ccc3c2)CC1. The molecule has 3 heterocycles. The number of likely N-dealkylation sites (N-methyl/N-ethyl adjacent to an activating group) is 1. The topological polar surface area (TPSA) is 142 Å². The van der Waals surface area contributed by atoms with Crippen LogP contribution in [-0.4, -0.2) is 96.9 Å². The third kappa shape index (κ3) is 5.98. The Labute approximate surface area is 226 Å². The fourth-order valence-corrected chi connectivity index (χ4v) is 4.86. The predicted molar refractivity (Wildman–Crippen MR) is 146 cm³/mol. The number of carbonyl (C=O) groups is 1. The Morgan fingerprint density at radius 3 is 2.56 bits per heavy atom. The van der Waals surface area contributed by atoms with Gasteiger partial charge in [0.2, 0.25) is 0 Å². The quantitative estimate of drug-likeness (QED) is 0.273. The zero-order valence-electron chi connectivity index (χ0n) is 21.7. The van der Waals surface area contributed by atoms with E-state index in [4.69, 9.17) is 9.15 Å². The Kier molecular flexibility index (Phi) is 7.97. The fourth-order valence-electron chi connectivity index (χ4n) is 4.86. The van der Waals surface area contributed by atoms with Crippen molar-refractivity contribution in [3.63, 3.8) is 0 Å². The molecule has 0 spiro atoms. The number of fused-ring (bicyclic) bond motifs is 1. The first-order chi connectivity index (χ1) is 18.8. The molecule has 2 saturated heterocycles. The number of ether oxygens (including phenoxy) is 1. The number of anilines is 1. The van der Waals surface area contributed by atoms with Crippen LogP contribution in [0.15, 0.2) is 58.5 Å². The van der Waals surface area contributed by atoms with E-state index in [1.54, 1.807) is 12.1 Å². The van der Waals surface area contributed by atoms with Crippen LogP contribution >= 0.6 is 0 Å². The standard InChI is InChI=1S/C29H32N4O6/c1-32-8-10-33(11-9-32)22-5-4-18-12-20(3-2-19(18)13-22)25-7-6-23(39-25)14-21(15-30)29(37)31-16-26-28(36)27(35)24(34)17-38-26/h2-7,12-14,24,26-28,34-36H,8-11,16-17H2,1H3,(H,31,37). The van der Waals surface area contributed by atoms with Crippen LogP contribution in [0.1, 0.15) is 5.76 Å². The molecule has 3 aromatic rings. The molecule has 2 fully saturated rings. The molecular formula is C29H32N4O6. The van der Waals surface area contributed by atoms with E-state index in [0.717, 1.165) is 42.5 Å². The van der Waals surface area contributed by atoms with Gasteiger partial charge >= 0.3 is 0 Å². The highest BCUT2D eigenvalue weighted by Gasteiger charge is 2.37. The number of aliphatic hydroxyl groups excluding tert-OH is 3. The zero-order valence-corrected chi connectivity index (χ0v) is 21.7. The third-order valence-corrected chi connectivity index (χ3v) is 7.33. The van der Waals surface area contributed by atoms with E-state index in [9.17, 15) is 25.4 Å². The van der Waals surface area contributed by atoms with Crippen molar-refractivity contribution < 1.29 is 29.3 Å². The number of benzene rings is 2. The Balaban J connectivity index is 1.25. The number of piperazine rings is 1. The van der Waals surface area contributed by atoms with Crippen LogP contribution < -0.4 is 10.2 Å². The highest BCUT2D eigenvalue weighted by atomic mass is 16.5. The highest BCUT2D eigenvalue weighted by Crippen LogP contribution is 2.29. The maximum Gasteiger partial charge on any atom is 0.262 e. The monoisotopic (exact) mass is 532 g/mol. The Morgan fingerprint density at radius 2 is 1.79 bits per heavy atom. The van der Waals surface area contributed by atoms with E-state index in [2.05, 4.69) is 46.4 Å². The number of rotatable bonds is 6. The van der Waals surface area contributed by atoms with Gasteiger partial charge in [0, 0.05) is 50.1 Å². The van der Waals surface area contributed by atoms with Gasteiger partial charge in [-0.3, -0.25) is 4.79 Å². The van der Waals surface area contributed by atoms with Crippen molar-refractivity contribution in [2.24, 2.45) is 0 Å². The molecule has 1 amide bonds. The summed E-state index contributed by atoms with van der Waals surface area (Å²) < 4.78 is 11.2. The van der Waals surface area contributed by atoms with Crippen molar-refractivity contribution >= 4 is 28.4 Å². The number of nitrogens with one attached hydrogen (secondary N) is 1. The summed E-state index contributed by atoms with van der Waals surface area (Å²) in [6.07, 6.45) is -3.50. The van der Waals surface area contributed by atoms with Crippen molar-refractivity contribution in [1.29, 1.82) is 5.26 Å². The minimum atomic E-state index is -1.37. The number of amides is 1. The summed E-state index contributed by atoms with van der Waals surface area (Å²) in [6, 6.07) is 17.9. The second-order valence-corrected chi connectivity index (χ2v) is 10.0. The Bertz CT molecular complexity index is 1400. The van der Waals surface area contributed by atoms with Gasteiger partial charge in [0.1, 0.15) is 47.6 Å². The van der Waals surface area contributed by atoms with Crippen LogP contribution in [0.3, 0.4) is 0 Å². The molecule has 2 aliphatic rings. The number of furan rings is 1. The average Bonchev–Trinajstić information content (AvgIpc) is 3.42. The molecule has 4 N–H and O–H groups in total. The lowest BCUT2D eigenvalue weighted by atomic mass is 10.00. The van der Waals surface area contributed by atoms with E-state index in [-0.39, 0.29) is 18.7 Å². The molecule has 39 heavy (non-hydrogen) atoms. The summed E-state index contributed by atoms with van der Waals surface area (Å²) >= 11 is 0. The van der Waals surface area contributed by atoms with Gasteiger partial charge in [0.15, 0.2) is 0 Å². The lowest BCUT2D eigenvalue weighted by Gasteiger charge is -2.35. The van der Waals surface area contributed by atoms with Crippen LogP contribution in [0.4, 0.5) is 5.69 Å². The van der Waals surface area contributed by atoms with E-state index in [1.165, 1.54) is 11.8 Å². The summed E-state index contributed by atoms with van der Waals surface area (Å²) in [6.45, 7) is 3.81. The molecule has 2 aromatic carbocycles. The van der Waals surface area contributed by atoms with Crippen LogP contribution in [0.25, 0.3) is 28.2 Å². The molecule has 4 unspecified atom stereocenters. The van der Waals surface area contributed by atoms with Crippen molar-refractivity contribution in [2.45, 2.75) is 24.4 Å². The van der Waals surface area contributed by atoms with Crippen molar-refractivity contribution in [1.82, 2.24) is 10.2 Å². The molecule has 4 atom stereocenters. The number of hydrogen-bond donors (Lipinski definition) is 4. The van der Waals surface area contributed by atoms with Gasteiger partial charge in [-0.1, -0.05) is 18.2 Å². The number of hydrogen-bond acceptors (Lipinski definition) is 9. The van der Waals surface area contributed by atoms with Gasteiger partial charge in [-0.25, -0.2) is 0 Å². The first-order valence-electron chi connectivity index (χ1n) is 13.0. The summed E-state index contributed by atoms with van der Waals surface area (Å²) in [5.41, 5.74) is 1.91. The van der Waals surface area contributed by atoms with Crippen LogP contribution in [0, 0.1) is 11.3 Å². The molecule has 10 nitrogen and oxygen atoms in total. The molecule has 2 aliphatic heterocycles. The lowest BCUT2D eigenvalue weighted by Crippen LogP contribution is -2.56. The van der Waals surface area contributed by atoms with E-state index in [1.807, 2.05) is 18.2 Å². The summed E-state index contributed by atoms with van der Waals surface area (Å²) in [5, 5.41) is 43.6. The summed E-state index contributed by atoms with van der Waals surface area (Å²) in [5.74, 6) is 0.277. The number of nitrogens with zero attached hydrogens (tertiary/aromatic N) is 3. The van der Waals surface area contributed by atoms with Crippen molar-refractivity contribution in [3.05, 3.63) is 59.9 Å². The Morgan fingerprint density at radius 1 is 1.05 bits per heavy atom. The minimum absolute atomic E-state index is 0.139. The molecule has 5 rings (SSSR count). The van der Waals surface area contributed by atoms with Crippen LogP contribution in [-0.2, 0) is 9.53 Å². The lowest BCUT2D eigenvalue weighted by molar-refractivity contribution is -0.185. The van der Waals surface area contributed by atoms with Gasteiger partial charge in [-0.2, -0.15) is 5.26 Å². The molecule has 1 aromatic heterocycles.